The average Bonchev–Trinajstić information content (AvgIpc) is 2.68. The Labute approximate surface area is 161 Å². The number of aryl methyl sites for hydroxylation is 1. The smallest absolute Gasteiger partial charge is 0.251 e. The summed E-state index contributed by atoms with van der Waals surface area (Å²) in [6, 6.07) is 13.8. The molecule has 0 fully saturated rings. The van der Waals surface area contributed by atoms with Crippen LogP contribution in [0.3, 0.4) is 0 Å². The maximum atomic E-state index is 12.5. The summed E-state index contributed by atoms with van der Waals surface area (Å²) in [5.41, 5.74) is 2.52. The van der Waals surface area contributed by atoms with Crippen molar-refractivity contribution in [2.45, 2.75) is 31.2 Å². The molecule has 0 aliphatic carbocycles. The molecule has 2 aromatic carbocycles. The number of amides is 1. The summed E-state index contributed by atoms with van der Waals surface area (Å²) in [4.78, 5) is 12.6. The number of benzene rings is 2. The van der Waals surface area contributed by atoms with Crippen molar-refractivity contribution in [3.63, 3.8) is 0 Å². The lowest BCUT2D eigenvalue weighted by Crippen LogP contribution is -2.29. The van der Waals surface area contributed by atoms with Gasteiger partial charge in [0.25, 0.3) is 5.91 Å². The Balaban J connectivity index is 2.09. The van der Waals surface area contributed by atoms with Crippen molar-refractivity contribution in [3.8, 4) is 0 Å². The summed E-state index contributed by atoms with van der Waals surface area (Å²) in [6.07, 6.45) is 0.959. The van der Waals surface area contributed by atoms with Crippen molar-refractivity contribution < 1.29 is 17.9 Å². The van der Waals surface area contributed by atoms with E-state index in [1.54, 1.807) is 12.1 Å². The van der Waals surface area contributed by atoms with Gasteiger partial charge in [-0.05, 0) is 42.7 Å². The first-order valence-electron chi connectivity index (χ1n) is 8.85. The summed E-state index contributed by atoms with van der Waals surface area (Å²) in [5.74, 6) is -0.323. The Morgan fingerprint density at radius 2 is 1.85 bits per heavy atom. The van der Waals surface area contributed by atoms with Crippen LogP contribution < -0.4 is 10.0 Å². The molecule has 27 heavy (non-hydrogen) atoms. The van der Waals surface area contributed by atoms with E-state index < -0.39 is 10.0 Å². The Kier molecular flexibility index (Phi) is 7.53. The van der Waals surface area contributed by atoms with E-state index in [9.17, 15) is 13.2 Å². The number of ether oxygens (including phenoxy) is 1. The Morgan fingerprint density at radius 1 is 1.15 bits per heavy atom. The van der Waals surface area contributed by atoms with Crippen LogP contribution in [0.5, 0.6) is 0 Å². The standard InChI is InChI=1S/C20H26N2O4S/c1-4-16-8-10-17(11-9-16)15(2)22-20(23)18-6-5-7-19(14-18)27(24,25)21-12-13-26-3/h5-11,14-15,21H,4,12-13H2,1-3H3,(H,22,23). The van der Waals surface area contributed by atoms with E-state index in [-0.39, 0.29) is 30.0 Å². The number of rotatable bonds is 9. The molecule has 2 rings (SSSR count). The van der Waals surface area contributed by atoms with Gasteiger partial charge in [0.05, 0.1) is 17.5 Å². The average molecular weight is 391 g/mol. The summed E-state index contributed by atoms with van der Waals surface area (Å²) >= 11 is 0. The third-order valence-electron chi connectivity index (χ3n) is 4.24. The highest BCUT2D eigenvalue weighted by molar-refractivity contribution is 7.89. The summed E-state index contributed by atoms with van der Waals surface area (Å²) in [6.45, 7) is 4.42. The fourth-order valence-electron chi connectivity index (χ4n) is 2.57. The van der Waals surface area contributed by atoms with Gasteiger partial charge in [-0.1, -0.05) is 37.3 Å². The molecule has 0 saturated carbocycles. The first-order valence-corrected chi connectivity index (χ1v) is 10.3. The van der Waals surface area contributed by atoms with E-state index in [2.05, 4.69) is 17.0 Å². The highest BCUT2D eigenvalue weighted by Gasteiger charge is 2.17. The zero-order valence-electron chi connectivity index (χ0n) is 15.9. The molecule has 0 aromatic heterocycles. The minimum atomic E-state index is -3.69. The van der Waals surface area contributed by atoms with Gasteiger partial charge in [-0.2, -0.15) is 0 Å². The van der Waals surface area contributed by atoms with Crippen molar-refractivity contribution >= 4 is 15.9 Å². The maximum Gasteiger partial charge on any atom is 0.251 e. The summed E-state index contributed by atoms with van der Waals surface area (Å²) in [5, 5.41) is 2.91. The molecule has 1 unspecified atom stereocenters. The number of hydrogen-bond acceptors (Lipinski definition) is 4. The number of carbonyl (C=O) groups excluding carboxylic acids is 1. The lowest BCUT2D eigenvalue weighted by Gasteiger charge is -2.15. The van der Waals surface area contributed by atoms with Gasteiger partial charge in [-0.15, -0.1) is 0 Å². The van der Waals surface area contributed by atoms with Crippen LogP contribution >= 0.6 is 0 Å². The van der Waals surface area contributed by atoms with Gasteiger partial charge >= 0.3 is 0 Å². The first kappa shape index (κ1) is 21.1. The molecular weight excluding hydrogens is 364 g/mol. The van der Waals surface area contributed by atoms with Crippen molar-refractivity contribution in [2.24, 2.45) is 0 Å². The topological polar surface area (TPSA) is 84.5 Å². The molecule has 0 saturated heterocycles. The van der Waals surface area contributed by atoms with Crippen LogP contribution in [0.15, 0.2) is 53.4 Å². The molecular formula is C20H26N2O4S. The third-order valence-corrected chi connectivity index (χ3v) is 5.70. The second-order valence-corrected chi connectivity index (χ2v) is 7.98. The quantitative estimate of drug-likeness (QED) is 0.645. The lowest BCUT2D eigenvalue weighted by molar-refractivity contribution is 0.0939. The Morgan fingerprint density at radius 3 is 2.48 bits per heavy atom. The van der Waals surface area contributed by atoms with E-state index in [4.69, 9.17) is 4.74 Å². The van der Waals surface area contributed by atoms with Gasteiger partial charge in [0.2, 0.25) is 10.0 Å². The van der Waals surface area contributed by atoms with Crippen LogP contribution in [0.2, 0.25) is 0 Å². The molecule has 0 spiro atoms. The van der Waals surface area contributed by atoms with Crippen LogP contribution in [0, 0.1) is 0 Å². The molecule has 0 aliphatic heterocycles. The van der Waals surface area contributed by atoms with Gasteiger partial charge in [-0.25, -0.2) is 13.1 Å². The zero-order valence-corrected chi connectivity index (χ0v) is 16.7. The van der Waals surface area contributed by atoms with Gasteiger partial charge in [0, 0.05) is 19.2 Å². The minimum absolute atomic E-state index is 0.0474. The van der Waals surface area contributed by atoms with Crippen LogP contribution in [-0.4, -0.2) is 34.6 Å². The summed E-state index contributed by atoms with van der Waals surface area (Å²) in [7, 11) is -2.19. The first-order chi connectivity index (χ1) is 12.9. The van der Waals surface area contributed by atoms with Gasteiger partial charge in [-0.3, -0.25) is 4.79 Å². The van der Waals surface area contributed by atoms with Crippen LogP contribution in [-0.2, 0) is 21.2 Å². The van der Waals surface area contributed by atoms with E-state index in [0.29, 0.717) is 5.56 Å². The fraction of sp³-hybridized carbons (Fsp3) is 0.350. The molecule has 1 amide bonds. The molecule has 0 aliphatic rings. The predicted molar refractivity (Wildman–Crippen MR) is 105 cm³/mol. The molecule has 1 atom stereocenters. The van der Waals surface area contributed by atoms with Crippen LogP contribution in [0.25, 0.3) is 0 Å². The third kappa shape index (κ3) is 5.89. The maximum absolute atomic E-state index is 12.5. The van der Waals surface area contributed by atoms with Crippen molar-refractivity contribution in [1.29, 1.82) is 0 Å². The second-order valence-electron chi connectivity index (χ2n) is 6.21. The molecule has 0 radical (unpaired) electrons. The van der Waals surface area contributed by atoms with Crippen LogP contribution in [0.1, 0.15) is 41.4 Å². The fourth-order valence-corrected chi connectivity index (χ4v) is 3.63. The number of methoxy groups -OCH3 is 1. The lowest BCUT2D eigenvalue weighted by atomic mass is 10.0. The number of nitrogens with one attached hydrogen (secondary N) is 2. The molecule has 146 valence electrons. The van der Waals surface area contributed by atoms with Crippen molar-refractivity contribution in [1.82, 2.24) is 10.0 Å². The summed E-state index contributed by atoms with van der Waals surface area (Å²) < 4.78 is 31.9. The highest BCUT2D eigenvalue weighted by Crippen LogP contribution is 2.16. The van der Waals surface area contributed by atoms with E-state index >= 15 is 0 Å². The number of carbonyl (C=O) groups is 1. The van der Waals surface area contributed by atoms with Crippen LogP contribution in [0.4, 0.5) is 0 Å². The SMILES string of the molecule is CCc1ccc(C(C)NC(=O)c2cccc(S(=O)(=O)NCCOC)c2)cc1. The molecule has 2 N–H and O–H groups in total. The largest absolute Gasteiger partial charge is 0.383 e. The highest BCUT2D eigenvalue weighted by atomic mass is 32.2. The second kappa shape index (κ2) is 9.64. The Hall–Kier alpha value is -2.22. The number of hydrogen-bond donors (Lipinski definition) is 2. The Bertz CT molecular complexity index is 864. The molecule has 2 aromatic rings. The van der Waals surface area contributed by atoms with E-state index in [1.165, 1.54) is 24.8 Å². The molecule has 0 heterocycles. The van der Waals surface area contributed by atoms with E-state index in [0.717, 1.165) is 12.0 Å². The molecule has 0 bridgehead atoms. The monoisotopic (exact) mass is 390 g/mol. The van der Waals surface area contributed by atoms with Crippen molar-refractivity contribution in [3.05, 3.63) is 65.2 Å². The predicted octanol–water partition coefficient (Wildman–Crippen LogP) is 2.66. The van der Waals surface area contributed by atoms with E-state index in [1.807, 2.05) is 31.2 Å². The van der Waals surface area contributed by atoms with Gasteiger partial charge in [0.1, 0.15) is 0 Å². The molecule has 7 heteroatoms. The minimum Gasteiger partial charge on any atom is -0.383 e. The number of sulfonamides is 1. The van der Waals surface area contributed by atoms with Crippen molar-refractivity contribution in [2.75, 3.05) is 20.3 Å². The normalized spacial score (nSPS) is 12.6. The van der Waals surface area contributed by atoms with Gasteiger partial charge in [0.15, 0.2) is 0 Å². The van der Waals surface area contributed by atoms with Gasteiger partial charge < -0.3 is 10.1 Å². The zero-order chi connectivity index (χ0) is 19.9. The molecule has 6 nitrogen and oxygen atoms in total.